The lowest BCUT2D eigenvalue weighted by atomic mass is 10.1. The highest BCUT2D eigenvalue weighted by molar-refractivity contribution is 5.97. The number of carboxylic acid groups (broad SMARTS) is 1. The van der Waals surface area contributed by atoms with Gasteiger partial charge in [-0.2, -0.15) is 0 Å². The maximum absolute atomic E-state index is 13.4. The molecule has 5 heteroatoms. The van der Waals surface area contributed by atoms with Crippen LogP contribution in [0.1, 0.15) is 16.1 Å². The Kier molecular flexibility index (Phi) is 2.97. The van der Waals surface area contributed by atoms with E-state index in [0.29, 0.717) is 5.69 Å². The van der Waals surface area contributed by atoms with Crippen LogP contribution in [0.3, 0.4) is 0 Å². The molecule has 21 heavy (non-hydrogen) atoms. The van der Waals surface area contributed by atoms with Crippen molar-refractivity contribution in [2.75, 3.05) is 0 Å². The number of aromatic nitrogens is 2. The molecule has 3 rings (SSSR count). The Hall–Kier alpha value is -2.69. The molecule has 1 aromatic carbocycles. The molecule has 2 aromatic heterocycles. The molecular weight excluding hydrogens is 271 g/mol. The number of hydrogen-bond donors (Lipinski definition) is 1. The zero-order valence-electron chi connectivity index (χ0n) is 11.6. The minimum Gasteiger partial charge on any atom is -0.478 e. The Bertz CT molecular complexity index is 851. The highest BCUT2D eigenvalue weighted by Crippen LogP contribution is 2.33. The number of aromatic carboxylic acids is 1. The highest BCUT2D eigenvalue weighted by atomic mass is 19.1. The summed E-state index contributed by atoms with van der Waals surface area (Å²) in [5, 5.41) is 9.82. The van der Waals surface area contributed by atoms with Crippen LogP contribution in [0.5, 0.6) is 0 Å². The first-order valence-electron chi connectivity index (χ1n) is 6.43. The second-order valence-electron chi connectivity index (χ2n) is 4.92. The third kappa shape index (κ3) is 2.07. The molecule has 1 N–H and O–H groups in total. The molecule has 0 aliphatic heterocycles. The van der Waals surface area contributed by atoms with Crippen molar-refractivity contribution in [2.45, 2.75) is 6.92 Å². The molecule has 0 atom stereocenters. The molecule has 0 unspecified atom stereocenters. The number of hydrogen-bond acceptors (Lipinski definition) is 2. The maximum Gasteiger partial charge on any atom is 0.337 e. The largest absolute Gasteiger partial charge is 0.478 e. The van der Waals surface area contributed by atoms with Gasteiger partial charge in [0.15, 0.2) is 0 Å². The van der Waals surface area contributed by atoms with E-state index in [-0.39, 0.29) is 11.4 Å². The summed E-state index contributed by atoms with van der Waals surface area (Å²) in [6, 6.07) is 7.81. The van der Waals surface area contributed by atoms with Gasteiger partial charge in [-0.15, -0.1) is 0 Å². The lowest BCUT2D eigenvalue weighted by molar-refractivity contribution is 0.0696. The molecule has 0 saturated heterocycles. The summed E-state index contributed by atoms with van der Waals surface area (Å²) in [7, 11) is 1.87. The van der Waals surface area contributed by atoms with Crippen LogP contribution in [0, 0.1) is 12.7 Å². The minimum atomic E-state index is -1.01. The predicted molar refractivity (Wildman–Crippen MR) is 77.8 cm³/mol. The molecule has 0 amide bonds. The molecule has 0 aliphatic rings. The number of rotatable bonds is 2. The summed E-state index contributed by atoms with van der Waals surface area (Å²) < 4.78 is 15.3. The van der Waals surface area contributed by atoms with E-state index in [9.17, 15) is 9.18 Å². The van der Waals surface area contributed by atoms with Crippen LogP contribution >= 0.6 is 0 Å². The third-order valence-electron chi connectivity index (χ3n) is 3.72. The van der Waals surface area contributed by atoms with E-state index in [4.69, 9.17) is 5.11 Å². The van der Waals surface area contributed by atoms with Crippen molar-refractivity contribution in [3.8, 4) is 11.3 Å². The molecule has 0 spiro atoms. The molecule has 0 aliphatic carbocycles. The Morgan fingerprint density at radius 1 is 1.29 bits per heavy atom. The first-order valence-corrected chi connectivity index (χ1v) is 6.43. The molecule has 0 saturated carbocycles. The van der Waals surface area contributed by atoms with Gasteiger partial charge in [-0.25, -0.2) is 9.18 Å². The molecule has 0 radical (unpaired) electrons. The van der Waals surface area contributed by atoms with E-state index < -0.39 is 5.97 Å². The third-order valence-corrected chi connectivity index (χ3v) is 3.72. The molecular formula is C16H13FN2O2. The average molecular weight is 284 g/mol. The second kappa shape index (κ2) is 4.70. The van der Waals surface area contributed by atoms with Crippen molar-refractivity contribution in [2.24, 2.45) is 7.05 Å². The van der Waals surface area contributed by atoms with Gasteiger partial charge in [0.1, 0.15) is 5.82 Å². The molecule has 2 heterocycles. The summed E-state index contributed by atoms with van der Waals surface area (Å²) in [5.41, 5.74) is 3.44. The van der Waals surface area contributed by atoms with Gasteiger partial charge in [0.25, 0.3) is 0 Å². The van der Waals surface area contributed by atoms with Gasteiger partial charge in [0, 0.05) is 29.9 Å². The topological polar surface area (TPSA) is 55.1 Å². The quantitative estimate of drug-likeness (QED) is 0.784. The molecule has 3 aromatic rings. The zero-order chi connectivity index (χ0) is 15.1. The maximum atomic E-state index is 13.4. The monoisotopic (exact) mass is 284 g/mol. The first-order chi connectivity index (χ1) is 9.99. The van der Waals surface area contributed by atoms with Crippen molar-refractivity contribution in [3.63, 3.8) is 0 Å². The van der Waals surface area contributed by atoms with Crippen LogP contribution in [0.25, 0.3) is 22.2 Å². The predicted octanol–water partition coefficient (Wildman–Crippen LogP) is 3.39. The van der Waals surface area contributed by atoms with Crippen LogP contribution in [0.15, 0.2) is 36.5 Å². The van der Waals surface area contributed by atoms with Gasteiger partial charge in [-0.3, -0.25) is 4.98 Å². The average Bonchev–Trinajstić information content (AvgIpc) is 2.71. The number of carbonyl (C=O) groups is 1. The number of carboxylic acids is 1. The van der Waals surface area contributed by atoms with E-state index in [0.717, 1.165) is 22.2 Å². The van der Waals surface area contributed by atoms with E-state index in [1.54, 1.807) is 12.1 Å². The Morgan fingerprint density at radius 3 is 2.67 bits per heavy atom. The van der Waals surface area contributed by atoms with Gasteiger partial charge in [0.2, 0.25) is 0 Å². The van der Waals surface area contributed by atoms with Crippen LogP contribution < -0.4 is 0 Å². The molecule has 0 fully saturated rings. The second-order valence-corrected chi connectivity index (χ2v) is 4.92. The van der Waals surface area contributed by atoms with Crippen LogP contribution in [-0.4, -0.2) is 20.6 Å². The van der Waals surface area contributed by atoms with Crippen LogP contribution in [0.4, 0.5) is 4.39 Å². The van der Waals surface area contributed by atoms with Crippen molar-refractivity contribution >= 4 is 16.9 Å². The van der Waals surface area contributed by atoms with E-state index in [1.165, 1.54) is 24.4 Å². The van der Waals surface area contributed by atoms with Gasteiger partial charge in [0.05, 0.1) is 16.8 Å². The van der Waals surface area contributed by atoms with E-state index in [1.807, 2.05) is 18.5 Å². The number of aryl methyl sites for hydroxylation is 1. The van der Waals surface area contributed by atoms with Crippen molar-refractivity contribution in [1.82, 2.24) is 9.55 Å². The fourth-order valence-electron chi connectivity index (χ4n) is 2.53. The summed E-state index contributed by atoms with van der Waals surface area (Å²) in [6.07, 6.45) is 1.33. The van der Waals surface area contributed by atoms with Gasteiger partial charge in [-0.1, -0.05) is 0 Å². The normalized spacial score (nSPS) is 11.0. The first kappa shape index (κ1) is 13.3. The number of benzene rings is 1. The number of nitrogens with zero attached hydrogens (tertiary/aromatic N) is 2. The molecule has 106 valence electrons. The summed E-state index contributed by atoms with van der Waals surface area (Å²) >= 11 is 0. The number of fused-ring (bicyclic) bond motifs is 1. The van der Waals surface area contributed by atoms with Gasteiger partial charge in [-0.05, 0) is 37.3 Å². The SMILES string of the molecule is Cc1c(-c2ccc(C(=O)O)cn2)c2ccc(F)cc2n1C. The van der Waals surface area contributed by atoms with Crippen LogP contribution in [0.2, 0.25) is 0 Å². The standard InChI is InChI=1S/C16H13FN2O2/c1-9-15(13-6-3-10(8-18-13)16(20)21)12-5-4-11(17)7-14(12)19(9)2/h3-8H,1-2H3,(H,20,21). The summed E-state index contributed by atoms with van der Waals surface area (Å²) in [5.74, 6) is -1.30. The van der Waals surface area contributed by atoms with E-state index in [2.05, 4.69) is 4.98 Å². The Labute approximate surface area is 120 Å². The highest BCUT2D eigenvalue weighted by Gasteiger charge is 2.15. The van der Waals surface area contributed by atoms with Crippen molar-refractivity contribution in [1.29, 1.82) is 0 Å². The number of pyridine rings is 1. The summed E-state index contributed by atoms with van der Waals surface area (Å²) in [4.78, 5) is 15.1. The minimum absolute atomic E-state index is 0.141. The number of halogens is 1. The fraction of sp³-hybridized carbons (Fsp3) is 0.125. The molecule has 0 bridgehead atoms. The Balaban J connectivity index is 2.24. The lowest BCUT2D eigenvalue weighted by Gasteiger charge is -2.02. The van der Waals surface area contributed by atoms with Gasteiger partial charge >= 0.3 is 5.97 Å². The smallest absolute Gasteiger partial charge is 0.337 e. The Morgan fingerprint density at radius 2 is 2.05 bits per heavy atom. The van der Waals surface area contributed by atoms with Crippen LogP contribution in [-0.2, 0) is 7.05 Å². The lowest BCUT2D eigenvalue weighted by Crippen LogP contribution is -1.97. The molecule has 4 nitrogen and oxygen atoms in total. The van der Waals surface area contributed by atoms with Crippen molar-refractivity contribution < 1.29 is 14.3 Å². The fourth-order valence-corrected chi connectivity index (χ4v) is 2.53. The van der Waals surface area contributed by atoms with E-state index >= 15 is 0 Å². The zero-order valence-corrected chi connectivity index (χ0v) is 11.6. The van der Waals surface area contributed by atoms with Gasteiger partial charge < -0.3 is 9.67 Å². The van der Waals surface area contributed by atoms with Crippen molar-refractivity contribution in [3.05, 3.63) is 53.6 Å². The summed E-state index contributed by atoms with van der Waals surface area (Å²) in [6.45, 7) is 1.93.